The highest BCUT2D eigenvalue weighted by Crippen LogP contribution is 2.49. The molecule has 2 aliphatic carbocycles. The minimum absolute atomic E-state index is 0.125. The maximum atomic E-state index is 13.7. The minimum Gasteiger partial charge on any atom is -0.507 e. The summed E-state index contributed by atoms with van der Waals surface area (Å²) in [6.45, 7) is 0.495. The number of phenols is 1. The van der Waals surface area contributed by atoms with Gasteiger partial charge in [0.25, 0.3) is 0 Å². The third-order valence-electron chi connectivity index (χ3n) is 8.32. The van der Waals surface area contributed by atoms with Gasteiger partial charge in [0.1, 0.15) is 47.2 Å². The van der Waals surface area contributed by atoms with Gasteiger partial charge in [-0.2, -0.15) is 0 Å². The number of rotatable bonds is 5. The van der Waals surface area contributed by atoms with Crippen LogP contribution in [0.4, 0.5) is 0 Å². The second-order valence-corrected chi connectivity index (χ2v) is 10.6. The van der Waals surface area contributed by atoms with E-state index >= 15 is 0 Å². The van der Waals surface area contributed by atoms with E-state index in [0.29, 0.717) is 6.08 Å². The van der Waals surface area contributed by atoms with E-state index in [0.717, 1.165) is 26.4 Å². The molecule has 0 radical (unpaired) electrons. The number of hydrogen-bond donors (Lipinski definition) is 8. The van der Waals surface area contributed by atoms with Crippen LogP contribution < -0.4 is 4.74 Å². The van der Waals surface area contributed by atoms with Gasteiger partial charge in [-0.3, -0.25) is 14.4 Å². The van der Waals surface area contributed by atoms with E-state index in [1.807, 2.05) is 0 Å². The second-order valence-electron chi connectivity index (χ2n) is 10.6. The second kappa shape index (κ2) is 10.6. The van der Waals surface area contributed by atoms with Crippen molar-refractivity contribution in [1.29, 1.82) is 0 Å². The Morgan fingerprint density at radius 3 is 2.25 bits per heavy atom. The first-order chi connectivity index (χ1) is 20.6. The number of ketones is 3. The summed E-state index contributed by atoms with van der Waals surface area (Å²) in [5.41, 5.74) is -9.15. The van der Waals surface area contributed by atoms with Crippen LogP contribution in [0.3, 0.4) is 0 Å². The molecule has 1 aliphatic heterocycles. The van der Waals surface area contributed by atoms with Crippen molar-refractivity contribution in [3.63, 3.8) is 0 Å². The lowest BCUT2D eigenvalue weighted by atomic mass is 9.60. The number of ether oxygens (including phenoxy) is 4. The molecule has 0 unspecified atom stereocenters. The molecule has 0 amide bonds. The Morgan fingerprint density at radius 1 is 1.00 bits per heavy atom. The normalized spacial score (nSPS) is 33.4. The number of carbonyl (C=O) groups excluding carboxylic acids is 4. The number of hydrogen-bond acceptors (Lipinski definition) is 16. The van der Waals surface area contributed by atoms with Crippen LogP contribution in [0.25, 0.3) is 10.8 Å². The number of fused-ring (bicyclic) bond motifs is 3. The van der Waals surface area contributed by atoms with Crippen LogP contribution in [-0.4, -0.2) is 133 Å². The van der Waals surface area contributed by atoms with Crippen molar-refractivity contribution >= 4 is 34.1 Å². The lowest BCUT2D eigenvalue weighted by molar-refractivity contribution is -0.277. The van der Waals surface area contributed by atoms with Crippen LogP contribution in [0.15, 0.2) is 24.0 Å². The number of methoxy groups -OCH3 is 2. The van der Waals surface area contributed by atoms with Crippen molar-refractivity contribution in [1.82, 2.24) is 0 Å². The van der Waals surface area contributed by atoms with Crippen LogP contribution >= 0.6 is 0 Å². The molecular formula is C28H28O16. The van der Waals surface area contributed by atoms with Crippen molar-refractivity contribution in [3.05, 3.63) is 46.2 Å². The van der Waals surface area contributed by atoms with Crippen LogP contribution in [0.5, 0.6) is 11.5 Å². The monoisotopic (exact) mass is 620 g/mol. The fourth-order valence-electron chi connectivity index (χ4n) is 5.90. The van der Waals surface area contributed by atoms with Gasteiger partial charge < -0.3 is 59.8 Å². The van der Waals surface area contributed by atoms with Gasteiger partial charge in [0.2, 0.25) is 34.8 Å². The number of carbonyl (C=O) groups is 4. The fourth-order valence-corrected chi connectivity index (χ4v) is 5.90. The Bertz CT molecular complexity index is 1640. The maximum Gasteiger partial charge on any atom is 0.341 e. The molecule has 0 spiro atoms. The molecule has 1 heterocycles. The standard InChI is InChI=1S/C28H28O16/c1-8-15-9(5-11(16(8)25(38)42-3)43-26-21(34)20(33)18(31)13(7-29)44-26)4-10-17(19(15)32)24(37)27(39)14(30)6-12(41-2)23(36)28(27,40)22(10)35/h4-6,13,18,20-21,23,26,29,31-34,36,39-40H,7H2,1-3H3/t13-,18-,20+,21-,23-,26-,27-,28-/m1/s1. The van der Waals surface area contributed by atoms with Crippen molar-refractivity contribution in [2.75, 3.05) is 20.8 Å². The lowest BCUT2D eigenvalue weighted by Crippen LogP contribution is -2.76. The van der Waals surface area contributed by atoms with E-state index in [9.17, 15) is 60.0 Å². The highest BCUT2D eigenvalue weighted by Gasteiger charge is 2.73. The zero-order chi connectivity index (χ0) is 32.6. The van der Waals surface area contributed by atoms with Crippen molar-refractivity contribution < 1.29 is 79.0 Å². The number of Topliss-reactive ketones (excluding diaryl/α,β-unsaturated/α-hetero) is 2. The molecule has 1 saturated heterocycles. The Balaban J connectivity index is 1.74. The lowest BCUT2D eigenvalue weighted by Gasteiger charge is -2.47. The molecule has 5 rings (SSSR count). The molecule has 16 nitrogen and oxygen atoms in total. The van der Waals surface area contributed by atoms with Crippen LogP contribution in [0.1, 0.15) is 36.6 Å². The van der Waals surface area contributed by atoms with Gasteiger partial charge in [-0.15, -0.1) is 0 Å². The SMILES string of the molecule is COC(=O)c1c(O[C@@H]2O[C@H](CO)[C@@H](O)[C@H](O)[C@H]2O)cc2cc3c(c(O)c2c1C)C(=O)[C@]1(O)C(=O)C=C(OC)[C@@H](O)[C@]1(O)C3=O. The van der Waals surface area contributed by atoms with Crippen molar-refractivity contribution in [2.45, 2.75) is 54.9 Å². The average molecular weight is 621 g/mol. The quantitative estimate of drug-likeness (QED) is 0.123. The number of aryl methyl sites for hydroxylation is 1. The molecule has 3 aliphatic rings. The minimum atomic E-state index is -3.56. The van der Waals surface area contributed by atoms with Crippen molar-refractivity contribution in [2.24, 2.45) is 0 Å². The maximum absolute atomic E-state index is 13.7. The highest BCUT2D eigenvalue weighted by atomic mass is 16.7. The molecule has 8 atom stereocenters. The molecule has 1 fully saturated rings. The summed E-state index contributed by atoms with van der Waals surface area (Å²) >= 11 is 0. The topological polar surface area (TPSA) is 267 Å². The molecule has 16 heteroatoms. The Kier molecular flexibility index (Phi) is 7.55. The first-order valence-electron chi connectivity index (χ1n) is 13.0. The number of aliphatic hydroxyl groups is 7. The van der Waals surface area contributed by atoms with Gasteiger partial charge in [-0.1, -0.05) is 0 Å². The molecule has 8 N–H and O–H groups in total. The van der Waals surface area contributed by atoms with E-state index in [1.165, 1.54) is 6.92 Å². The smallest absolute Gasteiger partial charge is 0.341 e. The van der Waals surface area contributed by atoms with E-state index in [4.69, 9.17) is 18.9 Å². The summed E-state index contributed by atoms with van der Waals surface area (Å²) in [7, 11) is 2.02. The van der Waals surface area contributed by atoms with Gasteiger partial charge in [-0.05, 0) is 30.0 Å². The number of benzene rings is 2. The number of aromatic hydroxyl groups is 1. The zero-order valence-corrected chi connectivity index (χ0v) is 23.2. The molecule has 2 aromatic rings. The molecule has 2 aromatic carbocycles. The summed E-state index contributed by atoms with van der Waals surface area (Å²) < 4.78 is 20.7. The summed E-state index contributed by atoms with van der Waals surface area (Å²) in [5.74, 6) is -7.71. The summed E-state index contributed by atoms with van der Waals surface area (Å²) in [5, 5.41) is 84.5. The fraction of sp³-hybridized carbons (Fsp3) is 0.429. The average Bonchev–Trinajstić information content (AvgIpc) is 2.99. The molecule has 44 heavy (non-hydrogen) atoms. The molecule has 0 bridgehead atoms. The highest BCUT2D eigenvalue weighted by molar-refractivity contribution is 6.35. The van der Waals surface area contributed by atoms with Gasteiger partial charge in [-0.25, -0.2) is 4.79 Å². The van der Waals surface area contributed by atoms with E-state index < -0.39 is 112 Å². The summed E-state index contributed by atoms with van der Waals surface area (Å²) in [6.07, 6.45) is -10.5. The largest absolute Gasteiger partial charge is 0.507 e. The Morgan fingerprint density at radius 2 is 1.66 bits per heavy atom. The Hall–Kier alpha value is -4.00. The predicted molar refractivity (Wildman–Crippen MR) is 141 cm³/mol. The number of phenolic OH excluding ortho intramolecular Hbond substituents is 1. The third kappa shape index (κ3) is 3.93. The van der Waals surface area contributed by atoms with Gasteiger partial charge in [0.15, 0.2) is 6.10 Å². The van der Waals surface area contributed by atoms with Gasteiger partial charge in [0.05, 0.1) is 26.4 Å². The molecule has 236 valence electrons. The van der Waals surface area contributed by atoms with Gasteiger partial charge >= 0.3 is 5.97 Å². The van der Waals surface area contributed by atoms with Crippen LogP contribution in [-0.2, 0) is 19.0 Å². The third-order valence-corrected chi connectivity index (χ3v) is 8.32. The van der Waals surface area contributed by atoms with E-state index in [2.05, 4.69) is 0 Å². The predicted octanol–water partition coefficient (Wildman–Crippen LogP) is -2.87. The summed E-state index contributed by atoms with van der Waals surface area (Å²) in [6, 6.07) is 2.03. The zero-order valence-electron chi connectivity index (χ0n) is 23.2. The first-order valence-corrected chi connectivity index (χ1v) is 13.0. The molecule has 0 aromatic heterocycles. The summed E-state index contributed by atoms with van der Waals surface area (Å²) in [4.78, 5) is 53.2. The van der Waals surface area contributed by atoms with Crippen LogP contribution in [0.2, 0.25) is 0 Å². The van der Waals surface area contributed by atoms with Crippen molar-refractivity contribution in [3.8, 4) is 11.5 Å². The molecule has 0 saturated carbocycles. The number of aliphatic hydroxyl groups excluding tert-OH is 5. The van der Waals surface area contributed by atoms with Crippen LogP contribution in [0, 0.1) is 6.92 Å². The molecular weight excluding hydrogens is 592 g/mol. The van der Waals surface area contributed by atoms with E-state index in [-0.39, 0.29) is 16.3 Å². The van der Waals surface area contributed by atoms with E-state index in [1.54, 1.807) is 0 Å². The first kappa shape index (κ1) is 31.4. The Labute approximate surface area is 246 Å². The van der Waals surface area contributed by atoms with Gasteiger partial charge in [0, 0.05) is 17.0 Å². The number of esters is 1.